The molecule has 0 fully saturated rings. The second-order valence-corrected chi connectivity index (χ2v) is 6.55. The third kappa shape index (κ3) is 2.82. The van der Waals surface area contributed by atoms with E-state index in [0.29, 0.717) is 29.9 Å². The number of fused-ring (bicyclic) bond motifs is 3. The van der Waals surface area contributed by atoms with Crippen LogP contribution in [-0.4, -0.2) is 34.3 Å². The van der Waals surface area contributed by atoms with Crippen LogP contribution >= 0.6 is 0 Å². The van der Waals surface area contributed by atoms with E-state index in [1.807, 2.05) is 29.8 Å². The highest BCUT2D eigenvalue weighted by Gasteiger charge is 2.23. The van der Waals surface area contributed by atoms with Crippen molar-refractivity contribution in [1.82, 2.24) is 14.5 Å². The average molecular weight is 352 g/mol. The normalized spacial score (nSPS) is 13.2. The molecule has 0 bridgehead atoms. The Kier molecular flexibility index (Phi) is 4.12. The van der Waals surface area contributed by atoms with Crippen molar-refractivity contribution in [1.29, 1.82) is 0 Å². The van der Waals surface area contributed by atoms with Gasteiger partial charge in [-0.25, -0.2) is 13.8 Å². The van der Waals surface area contributed by atoms with Crippen LogP contribution in [0.2, 0.25) is 0 Å². The van der Waals surface area contributed by atoms with E-state index < -0.39 is 0 Å². The third-order valence-electron chi connectivity index (χ3n) is 4.35. The molecule has 132 valence electrons. The molecule has 1 aromatic heterocycles. The zero-order valence-corrected chi connectivity index (χ0v) is 14.6. The molecule has 26 heavy (non-hydrogen) atoms. The van der Waals surface area contributed by atoms with E-state index in [2.05, 4.69) is 9.98 Å². The molecule has 2 heterocycles. The standard InChI is InChI=1S/C20H18F2N4/c1-25(2)12-14-10-23-19-11-24-20(15-5-3-4-6-17(15)22)16-9-13(21)7-8-18(16)26(14)19/h3-10H,11-12H2,1-2H3. The minimum atomic E-state index is -0.384. The second-order valence-electron chi connectivity index (χ2n) is 6.55. The van der Waals surface area contributed by atoms with Crippen molar-refractivity contribution in [2.45, 2.75) is 13.1 Å². The fourth-order valence-electron chi connectivity index (χ4n) is 3.28. The van der Waals surface area contributed by atoms with Gasteiger partial charge in [0.05, 0.1) is 29.8 Å². The Labute approximate surface area is 150 Å². The van der Waals surface area contributed by atoms with Gasteiger partial charge in [0.25, 0.3) is 0 Å². The molecule has 0 aliphatic carbocycles. The van der Waals surface area contributed by atoms with Gasteiger partial charge in [0.2, 0.25) is 0 Å². The Morgan fingerprint density at radius 2 is 1.88 bits per heavy atom. The molecule has 0 atom stereocenters. The van der Waals surface area contributed by atoms with Gasteiger partial charge in [0.1, 0.15) is 17.5 Å². The monoisotopic (exact) mass is 352 g/mol. The maximum Gasteiger partial charge on any atom is 0.135 e. The number of aromatic nitrogens is 2. The summed E-state index contributed by atoms with van der Waals surface area (Å²) in [7, 11) is 3.95. The van der Waals surface area contributed by atoms with Gasteiger partial charge in [-0.05, 0) is 44.4 Å². The minimum absolute atomic E-state index is 0.299. The van der Waals surface area contributed by atoms with E-state index >= 15 is 0 Å². The van der Waals surface area contributed by atoms with E-state index in [4.69, 9.17) is 0 Å². The molecule has 0 spiro atoms. The fraction of sp³-hybridized carbons (Fsp3) is 0.200. The highest BCUT2D eigenvalue weighted by atomic mass is 19.1. The molecular formula is C20H18F2N4. The first-order chi connectivity index (χ1) is 12.5. The molecular weight excluding hydrogens is 334 g/mol. The summed E-state index contributed by atoms with van der Waals surface area (Å²) in [5.74, 6) is -0.0129. The van der Waals surface area contributed by atoms with Crippen LogP contribution in [0.5, 0.6) is 0 Å². The molecule has 0 radical (unpaired) electrons. The average Bonchev–Trinajstić information content (AvgIpc) is 2.91. The van der Waals surface area contributed by atoms with Crippen molar-refractivity contribution in [3.8, 4) is 5.69 Å². The lowest BCUT2D eigenvalue weighted by molar-refractivity contribution is 0.393. The summed E-state index contributed by atoms with van der Waals surface area (Å²) in [5.41, 5.74) is 3.10. The first-order valence-electron chi connectivity index (χ1n) is 8.34. The summed E-state index contributed by atoms with van der Waals surface area (Å²) in [6, 6.07) is 11.0. The molecule has 1 aliphatic heterocycles. The van der Waals surface area contributed by atoms with Gasteiger partial charge in [-0.1, -0.05) is 12.1 Å². The van der Waals surface area contributed by atoms with Crippen LogP contribution in [0.25, 0.3) is 5.69 Å². The van der Waals surface area contributed by atoms with Crippen LogP contribution in [0.1, 0.15) is 22.6 Å². The first-order valence-corrected chi connectivity index (χ1v) is 8.34. The predicted molar refractivity (Wildman–Crippen MR) is 96.7 cm³/mol. The molecule has 0 saturated heterocycles. The van der Waals surface area contributed by atoms with Crippen molar-refractivity contribution >= 4 is 5.71 Å². The van der Waals surface area contributed by atoms with Crippen molar-refractivity contribution in [2.24, 2.45) is 4.99 Å². The van der Waals surface area contributed by atoms with Crippen LogP contribution < -0.4 is 0 Å². The lowest BCUT2D eigenvalue weighted by atomic mass is 9.99. The number of halogens is 2. The summed E-state index contributed by atoms with van der Waals surface area (Å²) in [6.45, 7) is 0.978. The highest BCUT2D eigenvalue weighted by Crippen LogP contribution is 2.28. The Bertz CT molecular complexity index is 1000. The van der Waals surface area contributed by atoms with Gasteiger partial charge in [-0.3, -0.25) is 9.56 Å². The summed E-state index contributed by atoms with van der Waals surface area (Å²) >= 11 is 0. The van der Waals surface area contributed by atoms with Gasteiger partial charge in [0, 0.05) is 17.7 Å². The van der Waals surface area contributed by atoms with Gasteiger partial charge >= 0.3 is 0 Å². The number of nitrogens with zero attached hydrogens (tertiary/aromatic N) is 4. The van der Waals surface area contributed by atoms with Crippen molar-refractivity contribution in [3.63, 3.8) is 0 Å². The smallest absolute Gasteiger partial charge is 0.135 e. The summed E-state index contributed by atoms with van der Waals surface area (Å²) in [5, 5.41) is 0. The lowest BCUT2D eigenvalue weighted by Gasteiger charge is -2.16. The molecule has 0 amide bonds. The third-order valence-corrected chi connectivity index (χ3v) is 4.35. The van der Waals surface area contributed by atoms with Crippen LogP contribution in [0, 0.1) is 11.6 Å². The quantitative estimate of drug-likeness (QED) is 0.722. The van der Waals surface area contributed by atoms with Gasteiger partial charge in [0.15, 0.2) is 0 Å². The number of rotatable bonds is 3. The van der Waals surface area contributed by atoms with Crippen LogP contribution in [0.15, 0.2) is 53.7 Å². The van der Waals surface area contributed by atoms with Crippen LogP contribution in [-0.2, 0) is 13.1 Å². The molecule has 4 nitrogen and oxygen atoms in total. The van der Waals surface area contributed by atoms with Gasteiger partial charge in [-0.2, -0.15) is 0 Å². The molecule has 0 unspecified atom stereocenters. The van der Waals surface area contributed by atoms with E-state index in [-0.39, 0.29) is 11.6 Å². The minimum Gasteiger partial charge on any atom is -0.304 e. The van der Waals surface area contributed by atoms with E-state index in [1.54, 1.807) is 24.3 Å². The SMILES string of the molecule is CN(C)Cc1cnc2n1-c1ccc(F)cc1C(c1ccccc1F)=NC2. The number of hydrogen-bond donors (Lipinski definition) is 0. The Hall–Kier alpha value is -2.86. The maximum absolute atomic E-state index is 14.4. The van der Waals surface area contributed by atoms with Gasteiger partial charge < -0.3 is 4.90 Å². The van der Waals surface area contributed by atoms with Crippen molar-refractivity contribution in [3.05, 3.63) is 82.9 Å². The zero-order chi connectivity index (χ0) is 18.3. The molecule has 4 rings (SSSR count). The molecule has 1 aliphatic rings. The topological polar surface area (TPSA) is 33.4 Å². The predicted octanol–water partition coefficient (Wildman–Crippen LogP) is 3.56. The number of imidazole rings is 1. The zero-order valence-electron chi connectivity index (χ0n) is 14.6. The Morgan fingerprint density at radius 3 is 2.65 bits per heavy atom. The summed E-state index contributed by atoms with van der Waals surface area (Å²) in [6.07, 6.45) is 1.81. The van der Waals surface area contributed by atoms with Crippen LogP contribution in [0.4, 0.5) is 8.78 Å². The molecule has 6 heteroatoms. The molecule has 3 aromatic rings. The lowest BCUT2D eigenvalue weighted by Crippen LogP contribution is -2.16. The van der Waals surface area contributed by atoms with Gasteiger partial charge in [-0.15, -0.1) is 0 Å². The summed E-state index contributed by atoms with van der Waals surface area (Å²) < 4.78 is 30.4. The highest BCUT2D eigenvalue weighted by molar-refractivity contribution is 6.15. The maximum atomic E-state index is 14.4. The van der Waals surface area contributed by atoms with Crippen LogP contribution in [0.3, 0.4) is 0 Å². The van der Waals surface area contributed by atoms with Crippen molar-refractivity contribution < 1.29 is 8.78 Å². The van der Waals surface area contributed by atoms with E-state index in [1.165, 1.54) is 18.2 Å². The fourth-order valence-corrected chi connectivity index (χ4v) is 3.28. The van der Waals surface area contributed by atoms with Crippen molar-refractivity contribution in [2.75, 3.05) is 14.1 Å². The molecule has 2 aromatic carbocycles. The second kappa shape index (κ2) is 6.46. The molecule has 0 N–H and O–H groups in total. The Balaban J connectivity index is 1.95. The number of hydrogen-bond acceptors (Lipinski definition) is 3. The van der Waals surface area contributed by atoms with E-state index in [9.17, 15) is 8.78 Å². The number of benzene rings is 2. The first kappa shape index (κ1) is 16.6. The summed E-state index contributed by atoms with van der Waals surface area (Å²) in [4.78, 5) is 11.1. The van der Waals surface area contributed by atoms with E-state index in [0.717, 1.165) is 17.2 Å². The Morgan fingerprint density at radius 1 is 1.08 bits per heavy atom. The molecule has 0 saturated carbocycles. The number of aliphatic imine (C=N–C) groups is 1. The largest absolute Gasteiger partial charge is 0.304 e.